The largest absolute Gasteiger partial charge is 0.493 e. The van der Waals surface area contributed by atoms with E-state index in [1.54, 1.807) is 17.2 Å². The van der Waals surface area contributed by atoms with Gasteiger partial charge in [-0.25, -0.2) is 9.97 Å². The van der Waals surface area contributed by atoms with Crippen LogP contribution in [-0.4, -0.2) is 34.6 Å². The van der Waals surface area contributed by atoms with E-state index in [1.807, 2.05) is 13.0 Å². The van der Waals surface area contributed by atoms with Gasteiger partial charge in [-0.05, 0) is 31.9 Å². The Labute approximate surface area is 143 Å². The van der Waals surface area contributed by atoms with Crippen molar-refractivity contribution in [3.63, 3.8) is 0 Å². The zero-order valence-corrected chi connectivity index (χ0v) is 13.8. The van der Waals surface area contributed by atoms with Crippen LogP contribution in [0.1, 0.15) is 24.2 Å². The summed E-state index contributed by atoms with van der Waals surface area (Å²) in [7, 11) is 0. The summed E-state index contributed by atoms with van der Waals surface area (Å²) >= 11 is 0. The average molecular weight is 352 g/mol. The molecule has 0 N–H and O–H groups in total. The summed E-state index contributed by atoms with van der Waals surface area (Å²) in [4.78, 5) is 13.6. The lowest BCUT2D eigenvalue weighted by Gasteiger charge is -2.32. The molecule has 0 radical (unpaired) electrons. The van der Waals surface area contributed by atoms with E-state index < -0.39 is 11.9 Å². The molecule has 0 amide bonds. The van der Waals surface area contributed by atoms with Crippen LogP contribution in [0.2, 0.25) is 0 Å². The van der Waals surface area contributed by atoms with Crippen LogP contribution < -0.4 is 9.64 Å². The summed E-state index contributed by atoms with van der Waals surface area (Å²) in [5, 5.41) is 0. The minimum absolute atomic E-state index is 0.124. The molecule has 1 aliphatic rings. The van der Waals surface area contributed by atoms with E-state index in [-0.39, 0.29) is 11.9 Å². The number of hydrogen-bond acceptors (Lipinski definition) is 5. The van der Waals surface area contributed by atoms with E-state index in [0.29, 0.717) is 19.7 Å². The summed E-state index contributed by atoms with van der Waals surface area (Å²) < 4.78 is 44.3. The molecule has 0 aromatic carbocycles. The van der Waals surface area contributed by atoms with E-state index in [4.69, 9.17) is 4.74 Å². The number of hydrogen-bond donors (Lipinski definition) is 0. The third-order valence-corrected chi connectivity index (χ3v) is 4.09. The Morgan fingerprint density at radius 1 is 1.24 bits per heavy atom. The maximum atomic E-state index is 12.8. The molecule has 25 heavy (non-hydrogen) atoms. The molecule has 0 spiro atoms. The van der Waals surface area contributed by atoms with Crippen LogP contribution in [0.5, 0.6) is 5.75 Å². The van der Waals surface area contributed by atoms with Crippen LogP contribution in [0.15, 0.2) is 30.6 Å². The van der Waals surface area contributed by atoms with E-state index >= 15 is 0 Å². The van der Waals surface area contributed by atoms with Gasteiger partial charge in [0.2, 0.25) is 5.95 Å². The van der Waals surface area contributed by atoms with Crippen molar-refractivity contribution in [2.75, 3.05) is 24.6 Å². The highest BCUT2D eigenvalue weighted by molar-refractivity contribution is 5.31. The van der Waals surface area contributed by atoms with Crippen LogP contribution >= 0.6 is 0 Å². The van der Waals surface area contributed by atoms with Gasteiger partial charge in [-0.1, -0.05) is 0 Å². The summed E-state index contributed by atoms with van der Waals surface area (Å²) in [5.41, 5.74) is -0.0386. The fourth-order valence-corrected chi connectivity index (χ4v) is 2.86. The second kappa shape index (κ2) is 7.25. The lowest BCUT2D eigenvalue weighted by Crippen LogP contribution is -2.39. The van der Waals surface area contributed by atoms with Crippen molar-refractivity contribution in [2.45, 2.75) is 25.9 Å². The molecule has 2 aromatic rings. The number of ether oxygens (including phenoxy) is 1. The van der Waals surface area contributed by atoms with E-state index in [2.05, 4.69) is 15.0 Å². The molecule has 1 fully saturated rings. The number of piperidine rings is 1. The predicted molar refractivity (Wildman–Crippen MR) is 86.4 cm³/mol. The number of nitrogens with zero attached hydrogens (tertiary/aromatic N) is 4. The Balaban J connectivity index is 1.63. The van der Waals surface area contributed by atoms with Gasteiger partial charge in [0.05, 0.1) is 6.61 Å². The van der Waals surface area contributed by atoms with Crippen molar-refractivity contribution in [1.29, 1.82) is 0 Å². The minimum atomic E-state index is -4.46. The number of pyridine rings is 1. The second-order valence-electron chi connectivity index (χ2n) is 6.14. The first-order valence-corrected chi connectivity index (χ1v) is 8.12. The molecule has 8 heteroatoms. The molecule has 3 heterocycles. The standard InChI is InChI=1S/C17H19F3N4O/c1-12-9-14(4-6-21-12)25-11-13-3-2-8-24(10-13)16-22-7-5-15(23-16)17(18,19)20/h4-7,9,13H,2-3,8,10-11H2,1H3. The van der Waals surface area contributed by atoms with Gasteiger partial charge in [0.1, 0.15) is 11.4 Å². The lowest BCUT2D eigenvalue weighted by atomic mass is 9.99. The fourth-order valence-electron chi connectivity index (χ4n) is 2.86. The Morgan fingerprint density at radius 2 is 2.04 bits per heavy atom. The fraction of sp³-hybridized carbons (Fsp3) is 0.471. The molecule has 1 saturated heterocycles. The number of aromatic nitrogens is 3. The molecule has 3 rings (SSSR count). The second-order valence-corrected chi connectivity index (χ2v) is 6.14. The average Bonchev–Trinajstić information content (AvgIpc) is 2.60. The van der Waals surface area contributed by atoms with Crippen LogP contribution in [0.25, 0.3) is 0 Å². The molecule has 0 aliphatic carbocycles. The lowest BCUT2D eigenvalue weighted by molar-refractivity contribution is -0.141. The van der Waals surface area contributed by atoms with Gasteiger partial charge >= 0.3 is 6.18 Å². The Morgan fingerprint density at radius 3 is 2.80 bits per heavy atom. The van der Waals surface area contributed by atoms with Crippen molar-refractivity contribution in [1.82, 2.24) is 15.0 Å². The monoisotopic (exact) mass is 352 g/mol. The molecule has 0 bridgehead atoms. The van der Waals surface area contributed by atoms with Gasteiger partial charge < -0.3 is 9.64 Å². The van der Waals surface area contributed by atoms with E-state index in [0.717, 1.165) is 36.5 Å². The van der Waals surface area contributed by atoms with Gasteiger partial charge in [-0.2, -0.15) is 13.2 Å². The van der Waals surface area contributed by atoms with Gasteiger partial charge in [0.25, 0.3) is 0 Å². The first-order chi connectivity index (χ1) is 11.9. The molecular formula is C17H19F3N4O. The number of rotatable bonds is 4. The van der Waals surface area contributed by atoms with Crippen molar-refractivity contribution in [2.24, 2.45) is 5.92 Å². The molecule has 1 atom stereocenters. The van der Waals surface area contributed by atoms with Crippen molar-refractivity contribution >= 4 is 5.95 Å². The van der Waals surface area contributed by atoms with Gasteiger partial charge in [-0.15, -0.1) is 0 Å². The molecular weight excluding hydrogens is 333 g/mol. The van der Waals surface area contributed by atoms with Crippen molar-refractivity contribution in [3.8, 4) is 5.75 Å². The summed E-state index contributed by atoms with van der Waals surface area (Å²) in [5.74, 6) is 1.08. The maximum absolute atomic E-state index is 12.8. The molecule has 1 aliphatic heterocycles. The molecule has 1 unspecified atom stereocenters. The molecule has 5 nitrogen and oxygen atoms in total. The number of anilines is 1. The van der Waals surface area contributed by atoms with Crippen LogP contribution in [0.4, 0.5) is 19.1 Å². The van der Waals surface area contributed by atoms with Crippen LogP contribution in [-0.2, 0) is 6.18 Å². The third-order valence-electron chi connectivity index (χ3n) is 4.09. The summed E-state index contributed by atoms with van der Waals surface area (Å²) in [6, 6.07) is 4.54. The maximum Gasteiger partial charge on any atom is 0.433 e. The smallest absolute Gasteiger partial charge is 0.433 e. The predicted octanol–water partition coefficient (Wildman–Crippen LogP) is 3.49. The summed E-state index contributed by atoms with van der Waals surface area (Å²) in [6.45, 7) is 3.61. The topological polar surface area (TPSA) is 51.1 Å². The van der Waals surface area contributed by atoms with Gasteiger partial charge in [0, 0.05) is 43.2 Å². The van der Waals surface area contributed by atoms with Crippen LogP contribution in [0.3, 0.4) is 0 Å². The Kier molecular flexibility index (Phi) is 5.06. The zero-order chi connectivity index (χ0) is 17.9. The quantitative estimate of drug-likeness (QED) is 0.843. The number of aryl methyl sites for hydroxylation is 1. The zero-order valence-electron chi connectivity index (χ0n) is 13.8. The SMILES string of the molecule is Cc1cc(OCC2CCCN(c3nccc(C(F)(F)F)n3)C2)ccn1. The molecule has 0 saturated carbocycles. The first-order valence-electron chi connectivity index (χ1n) is 8.12. The highest BCUT2D eigenvalue weighted by atomic mass is 19.4. The van der Waals surface area contributed by atoms with Gasteiger partial charge in [0.15, 0.2) is 0 Å². The van der Waals surface area contributed by atoms with Crippen molar-refractivity contribution in [3.05, 3.63) is 42.0 Å². The van der Waals surface area contributed by atoms with Gasteiger partial charge in [-0.3, -0.25) is 4.98 Å². The van der Waals surface area contributed by atoms with E-state index in [1.165, 1.54) is 0 Å². The third kappa shape index (κ3) is 4.58. The highest BCUT2D eigenvalue weighted by Gasteiger charge is 2.33. The first kappa shape index (κ1) is 17.4. The number of halogens is 3. The molecule has 2 aromatic heterocycles. The Hall–Kier alpha value is -2.38. The van der Waals surface area contributed by atoms with Crippen molar-refractivity contribution < 1.29 is 17.9 Å². The number of alkyl halides is 3. The van der Waals surface area contributed by atoms with Crippen LogP contribution in [0, 0.1) is 12.8 Å². The summed E-state index contributed by atoms with van der Waals surface area (Å²) in [6.07, 6.45) is 0.205. The normalized spacial score (nSPS) is 18.2. The minimum Gasteiger partial charge on any atom is -0.493 e. The highest BCUT2D eigenvalue weighted by Crippen LogP contribution is 2.29. The van der Waals surface area contributed by atoms with E-state index in [9.17, 15) is 13.2 Å². The Bertz CT molecular complexity index is 723. The molecule has 134 valence electrons.